The molecule has 0 aliphatic rings. The van der Waals surface area contributed by atoms with Crippen molar-refractivity contribution in [3.05, 3.63) is 77.2 Å². The standard InChI is InChI=1S/C21H19F3N2O2/c1-14-18(25-20(28-14)16-6-4-3-5-7-16)12-19(27)26(2)13-15-8-10-17(11-9-15)21(22,23)24/h3-11H,12-13H2,1-2H3. The molecule has 0 saturated carbocycles. The Hall–Kier alpha value is -3.09. The minimum absolute atomic E-state index is 0.0549. The number of rotatable bonds is 5. The molecule has 146 valence electrons. The maximum atomic E-state index is 12.6. The molecule has 0 unspecified atom stereocenters. The summed E-state index contributed by atoms with van der Waals surface area (Å²) in [4.78, 5) is 18.4. The Morgan fingerprint density at radius 2 is 1.71 bits per heavy atom. The van der Waals surface area contributed by atoms with Crippen LogP contribution in [-0.4, -0.2) is 22.8 Å². The lowest BCUT2D eigenvalue weighted by Crippen LogP contribution is -2.28. The van der Waals surface area contributed by atoms with E-state index in [4.69, 9.17) is 4.42 Å². The SMILES string of the molecule is Cc1oc(-c2ccccc2)nc1CC(=O)N(C)Cc1ccc(C(F)(F)F)cc1. The van der Waals surface area contributed by atoms with E-state index in [0.29, 0.717) is 22.9 Å². The second-order valence-corrected chi connectivity index (χ2v) is 6.51. The van der Waals surface area contributed by atoms with E-state index in [-0.39, 0.29) is 18.9 Å². The van der Waals surface area contributed by atoms with Crippen LogP contribution in [0.4, 0.5) is 13.2 Å². The molecule has 3 aromatic rings. The lowest BCUT2D eigenvalue weighted by Gasteiger charge is -2.17. The van der Waals surface area contributed by atoms with Crippen molar-refractivity contribution in [3.8, 4) is 11.5 Å². The number of aromatic nitrogens is 1. The summed E-state index contributed by atoms with van der Waals surface area (Å²) < 4.78 is 43.6. The minimum atomic E-state index is -4.37. The average Bonchev–Trinajstić information content (AvgIpc) is 3.02. The van der Waals surface area contributed by atoms with Gasteiger partial charge < -0.3 is 9.32 Å². The zero-order chi connectivity index (χ0) is 20.3. The van der Waals surface area contributed by atoms with E-state index in [1.54, 1.807) is 14.0 Å². The van der Waals surface area contributed by atoms with Crippen molar-refractivity contribution in [3.63, 3.8) is 0 Å². The minimum Gasteiger partial charge on any atom is -0.441 e. The Bertz CT molecular complexity index is 948. The highest BCUT2D eigenvalue weighted by atomic mass is 19.4. The molecule has 4 nitrogen and oxygen atoms in total. The topological polar surface area (TPSA) is 46.3 Å². The van der Waals surface area contributed by atoms with Gasteiger partial charge in [0, 0.05) is 19.2 Å². The Kier molecular flexibility index (Phi) is 5.53. The molecule has 0 saturated heterocycles. The van der Waals surface area contributed by atoms with Crippen LogP contribution >= 0.6 is 0 Å². The van der Waals surface area contributed by atoms with Crippen LogP contribution < -0.4 is 0 Å². The molecule has 0 spiro atoms. The maximum absolute atomic E-state index is 12.6. The van der Waals surface area contributed by atoms with Crippen molar-refractivity contribution in [2.45, 2.75) is 26.1 Å². The van der Waals surface area contributed by atoms with E-state index in [0.717, 1.165) is 17.7 Å². The van der Waals surface area contributed by atoms with Crippen LogP contribution in [0.2, 0.25) is 0 Å². The van der Waals surface area contributed by atoms with E-state index in [9.17, 15) is 18.0 Å². The van der Waals surface area contributed by atoms with Gasteiger partial charge in [-0.2, -0.15) is 13.2 Å². The lowest BCUT2D eigenvalue weighted by atomic mass is 10.1. The number of alkyl halides is 3. The summed E-state index contributed by atoms with van der Waals surface area (Å²) in [6, 6.07) is 14.2. The molecule has 28 heavy (non-hydrogen) atoms. The number of oxazole rings is 1. The fraction of sp³-hybridized carbons (Fsp3) is 0.238. The largest absolute Gasteiger partial charge is 0.441 e. The average molecular weight is 388 g/mol. The fourth-order valence-corrected chi connectivity index (χ4v) is 2.74. The van der Waals surface area contributed by atoms with E-state index in [1.165, 1.54) is 17.0 Å². The monoisotopic (exact) mass is 388 g/mol. The Morgan fingerprint density at radius 1 is 1.07 bits per heavy atom. The first-order chi connectivity index (χ1) is 13.2. The van der Waals surface area contributed by atoms with Crippen molar-refractivity contribution in [2.75, 3.05) is 7.05 Å². The van der Waals surface area contributed by atoms with Gasteiger partial charge in [-0.25, -0.2) is 4.98 Å². The molecule has 0 atom stereocenters. The van der Waals surface area contributed by atoms with Crippen LogP contribution in [-0.2, 0) is 23.9 Å². The summed E-state index contributed by atoms with van der Waals surface area (Å²) in [5.41, 5.74) is 1.27. The fourth-order valence-electron chi connectivity index (χ4n) is 2.74. The molecular weight excluding hydrogens is 369 g/mol. The van der Waals surface area contributed by atoms with Gasteiger partial charge in [0.2, 0.25) is 11.8 Å². The van der Waals surface area contributed by atoms with E-state index in [2.05, 4.69) is 4.98 Å². The molecule has 0 aliphatic heterocycles. The number of amides is 1. The zero-order valence-corrected chi connectivity index (χ0v) is 15.5. The normalized spacial score (nSPS) is 11.5. The molecular formula is C21H19F3N2O2. The van der Waals surface area contributed by atoms with Gasteiger partial charge in [-0.15, -0.1) is 0 Å². The number of aryl methyl sites for hydroxylation is 1. The summed E-state index contributed by atoms with van der Waals surface area (Å²) in [5.74, 6) is 0.817. The third kappa shape index (κ3) is 4.60. The molecule has 1 heterocycles. The molecule has 0 N–H and O–H groups in total. The number of carbonyl (C=O) groups excluding carboxylic acids is 1. The number of likely N-dealkylation sites (N-methyl/N-ethyl adjacent to an activating group) is 1. The Balaban J connectivity index is 1.65. The summed E-state index contributed by atoms with van der Waals surface area (Å²) >= 11 is 0. The number of nitrogens with zero attached hydrogens (tertiary/aromatic N) is 2. The number of hydrogen-bond donors (Lipinski definition) is 0. The van der Waals surface area contributed by atoms with Crippen molar-refractivity contribution < 1.29 is 22.4 Å². The highest BCUT2D eigenvalue weighted by molar-refractivity contribution is 5.78. The maximum Gasteiger partial charge on any atom is 0.416 e. The molecule has 3 rings (SSSR count). The second-order valence-electron chi connectivity index (χ2n) is 6.51. The van der Waals surface area contributed by atoms with Crippen LogP contribution in [0.25, 0.3) is 11.5 Å². The molecule has 0 bridgehead atoms. The molecule has 0 aliphatic carbocycles. The van der Waals surface area contributed by atoms with E-state index in [1.807, 2.05) is 30.3 Å². The first kappa shape index (κ1) is 19.7. The summed E-state index contributed by atoms with van der Waals surface area (Å²) in [6.45, 7) is 1.96. The smallest absolute Gasteiger partial charge is 0.416 e. The second kappa shape index (κ2) is 7.88. The van der Waals surface area contributed by atoms with Gasteiger partial charge >= 0.3 is 6.18 Å². The van der Waals surface area contributed by atoms with Gasteiger partial charge in [-0.3, -0.25) is 4.79 Å². The number of halogens is 3. The molecule has 2 aromatic carbocycles. The number of carbonyl (C=O) groups is 1. The third-order valence-corrected chi connectivity index (χ3v) is 4.36. The third-order valence-electron chi connectivity index (χ3n) is 4.36. The van der Waals surface area contributed by atoms with Crippen molar-refractivity contribution in [1.29, 1.82) is 0 Å². The molecule has 0 fully saturated rings. The van der Waals surface area contributed by atoms with Gasteiger partial charge in [0.15, 0.2) is 0 Å². The highest BCUT2D eigenvalue weighted by Crippen LogP contribution is 2.29. The lowest BCUT2D eigenvalue weighted by molar-refractivity contribution is -0.137. The van der Waals surface area contributed by atoms with Gasteiger partial charge in [-0.1, -0.05) is 30.3 Å². The molecule has 1 amide bonds. The van der Waals surface area contributed by atoms with Gasteiger partial charge in [-0.05, 0) is 36.8 Å². The molecule has 0 radical (unpaired) electrons. The van der Waals surface area contributed by atoms with Crippen LogP contribution in [0.5, 0.6) is 0 Å². The van der Waals surface area contributed by atoms with Crippen molar-refractivity contribution in [1.82, 2.24) is 9.88 Å². The van der Waals surface area contributed by atoms with Gasteiger partial charge in [0.05, 0.1) is 17.7 Å². The number of benzene rings is 2. The summed E-state index contributed by atoms with van der Waals surface area (Å²) in [7, 11) is 1.60. The van der Waals surface area contributed by atoms with Gasteiger partial charge in [0.25, 0.3) is 0 Å². The first-order valence-electron chi connectivity index (χ1n) is 8.66. The Labute approximate surface area is 160 Å². The van der Waals surface area contributed by atoms with E-state index >= 15 is 0 Å². The number of hydrogen-bond acceptors (Lipinski definition) is 3. The predicted molar refractivity (Wildman–Crippen MR) is 98.3 cm³/mol. The first-order valence-corrected chi connectivity index (χ1v) is 8.66. The van der Waals surface area contributed by atoms with Crippen molar-refractivity contribution >= 4 is 5.91 Å². The van der Waals surface area contributed by atoms with Crippen LogP contribution in [0.1, 0.15) is 22.6 Å². The molecule has 7 heteroatoms. The van der Waals surface area contributed by atoms with Crippen LogP contribution in [0.15, 0.2) is 59.0 Å². The zero-order valence-electron chi connectivity index (χ0n) is 15.5. The van der Waals surface area contributed by atoms with Crippen LogP contribution in [0.3, 0.4) is 0 Å². The molecule has 1 aromatic heterocycles. The van der Waals surface area contributed by atoms with E-state index < -0.39 is 11.7 Å². The van der Waals surface area contributed by atoms with Crippen LogP contribution in [0, 0.1) is 6.92 Å². The highest BCUT2D eigenvalue weighted by Gasteiger charge is 2.30. The van der Waals surface area contributed by atoms with Gasteiger partial charge in [0.1, 0.15) is 5.76 Å². The quantitative estimate of drug-likeness (QED) is 0.626. The van der Waals surface area contributed by atoms with Crippen molar-refractivity contribution in [2.24, 2.45) is 0 Å². The summed E-state index contributed by atoms with van der Waals surface area (Å²) in [6.07, 6.45) is -4.32. The predicted octanol–water partition coefficient (Wildman–Crippen LogP) is 4.87. The summed E-state index contributed by atoms with van der Waals surface area (Å²) in [5, 5.41) is 0. The Morgan fingerprint density at radius 3 is 2.32 bits per heavy atom.